The summed E-state index contributed by atoms with van der Waals surface area (Å²) in [4.78, 5) is 5.07. The summed E-state index contributed by atoms with van der Waals surface area (Å²) in [5.41, 5.74) is 11.4. The van der Waals surface area contributed by atoms with Gasteiger partial charge in [-0.05, 0) is 62.6 Å². The Morgan fingerprint density at radius 2 is 1.86 bits per heavy atom. The highest BCUT2D eigenvalue weighted by Gasteiger charge is 2.18. The number of nitrogens with zero attached hydrogens (tertiary/aromatic N) is 2. The molecule has 3 rings (SSSR count). The summed E-state index contributed by atoms with van der Waals surface area (Å²) in [5.74, 6) is 0.783. The van der Waals surface area contributed by atoms with Gasteiger partial charge in [0.2, 0.25) is 0 Å². The van der Waals surface area contributed by atoms with E-state index in [4.69, 9.17) is 15.9 Å². The number of rotatable bonds is 8. The summed E-state index contributed by atoms with van der Waals surface area (Å²) >= 11 is 0. The van der Waals surface area contributed by atoms with Gasteiger partial charge in [0.25, 0.3) is 0 Å². The summed E-state index contributed by atoms with van der Waals surface area (Å²) in [6, 6.07) is 12.1. The molecule has 150 valence electrons. The van der Waals surface area contributed by atoms with Crippen LogP contribution in [0.1, 0.15) is 29.5 Å². The van der Waals surface area contributed by atoms with E-state index in [9.17, 15) is 0 Å². The number of nitrogens with one attached hydrogen (secondary N) is 1. The Balaban J connectivity index is 1.35. The van der Waals surface area contributed by atoms with Gasteiger partial charge in [0.1, 0.15) is 5.75 Å². The van der Waals surface area contributed by atoms with Crippen LogP contribution in [0.5, 0.6) is 5.75 Å². The summed E-state index contributed by atoms with van der Waals surface area (Å²) in [6.45, 7) is 10.7. The van der Waals surface area contributed by atoms with Gasteiger partial charge in [-0.15, -0.1) is 0 Å². The summed E-state index contributed by atoms with van der Waals surface area (Å²) < 4.78 is 5.79. The first-order chi connectivity index (χ1) is 13.6. The topological polar surface area (TPSA) is 65.6 Å². The number of anilines is 2. The van der Waals surface area contributed by atoms with Crippen molar-refractivity contribution in [2.24, 2.45) is 0 Å². The minimum atomic E-state index is 0.592. The summed E-state index contributed by atoms with van der Waals surface area (Å²) in [7, 11) is 0. The lowest BCUT2D eigenvalue weighted by Crippen LogP contribution is -2.46. The van der Waals surface area contributed by atoms with Crippen LogP contribution in [0, 0.1) is 19.3 Å². The van der Waals surface area contributed by atoms with Crippen molar-refractivity contribution in [1.82, 2.24) is 4.90 Å². The van der Waals surface area contributed by atoms with Gasteiger partial charge in [0.15, 0.2) is 0 Å². The summed E-state index contributed by atoms with van der Waals surface area (Å²) in [5, 5.41) is 7.27. The van der Waals surface area contributed by atoms with Gasteiger partial charge in [-0.1, -0.05) is 12.1 Å². The Morgan fingerprint density at radius 3 is 2.57 bits per heavy atom. The van der Waals surface area contributed by atoms with Crippen LogP contribution in [0.15, 0.2) is 36.4 Å². The van der Waals surface area contributed by atoms with E-state index in [-0.39, 0.29) is 0 Å². The molecule has 0 aromatic heterocycles. The quantitative estimate of drug-likeness (QED) is 0.415. The zero-order valence-electron chi connectivity index (χ0n) is 17.1. The molecule has 1 saturated heterocycles. The molecule has 1 aliphatic rings. The zero-order valence-corrected chi connectivity index (χ0v) is 17.1. The first-order valence-electron chi connectivity index (χ1n) is 10.1. The Kier molecular flexibility index (Phi) is 6.93. The fraction of sp³-hybridized carbons (Fsp3) is 0.435. The van der Waals surface area contributed by atoms with Crippen LogP contribution in [-0.4, -0.2) is 50.4 Å². The Bertz CT molecular complexity index is 797. The fourth-order valence-corrected chi connectivity index (χ4v) is 3.69. The van der Waals surface area contributed by atoms with Crippen molar-refractivity contribution in [3.05, 3.63) is 53.1 Å². The van der Waals surface area contributed by atoms with Crippen LogP contribution >= 0.6 is 0 Å². The molecular formula is C23H32N4O. The molecule has 5 heteroatoms. The second-order valence-corrected chi connectivity index (χ2v) is 7.54. The second-order valence-electron chi connectivity index (χ2n) is 7.54. The van der Waals surface area contributed by atoms with E-state index >= 15 is 0 Å². The number of unbranched alkanes of at least 4 members (excludes halogenated alkanes) is 1. The molecule has 1 heterocycles. The number of piperazine rings is 1. The van der Waals surface area contributed by atoms with E-state index in [1.807, 2.05) is 12.1 Å². The molecule has 28 heavy (non-hydrogen) atoms. The molecule has 0 atom stereocenters. The number of hydrogen-bond donors (Lipinski definition) is 2. The Labute approximate surface area is 168 Å². The lowest BCUT2D eigenvalue weighted by molar-refractivity contribution is 0.238. The molecule has 0 radical (unpaired) electrons. The lowest BCUT2D eigenvalue weighted by Gasteiger charge is -2.37. The van der Waals surface area contributed by atoms with E-state index in [1.54, 1.807) is 6.07 Å². The molecule has 0 spiro atoms. The molecule has 0 amide bonds. The van der Waals surface area contributed by atoms with Gasteiger partial charge >= 0.3 is 0 Å². The van der Waals surface area contributed by atoms with Gasteiger partial charge in [-0.3, -0.25) is 4.90 Å². The minimum absolute atomic E-state index is 0.592. The number of benzene rings is 2. The van der Waals surface area contributed by atoms with Crippen molar-refractivity contribution in [2.45, 2.75) is 26.7 Å². The van der Waals surface area contributed by atoms with Gasteiger partial charge in [0.05, 0.1) is 6.61 Å². The van der Waals surface area contributed by atoms with Crippen LogP contribution in [0.3, 0.4) is 0 Å². The van der Waals surface area contributed by atoms with Crippen LogP contribution in [0.25, 0.3) is 0 Å². The van der Waals surface area contributed by atoms with Crippen LogP contribution in [-0.2, 0) is 0 Å². The van der Waals surface area contributed by atoms with Crippen LogP contribution in [0.4, 0.5) is 11.4 Å². The van der Waals surface area contributed by atoms with E-state index in [2.05, 4.69) is 41.8 Å². The van der Waals surface area contributed by atoms with Gasteiger partial charge in [-0.2, -0.15) is 0 Å². The molecule has 0 bridgehead atoms. The highest BCUT2D eigenvalue weighted by molar-refractivity contribution is 5.85. The third-order valence-electron chi connectivity index (χ3n) is 5.64. The van der Waals surface area contributed by atoms with Crippen LogP contribution in [0.2, 0.25) is 0 Å². The molecule has 1 aliphatic heterocycles. The predicted octanol–water partition coefficient (Wildman–Crippen LogP) is 3.86. The highest BCUT2D eigenvalue weighted by atomic mass is 16.5. The predicted molar refractivity (Wildman–Crippen MR) is 118 cm³/mol. The number of hydrogen-bond acceptors (Lipinski definition) is 5. The number of nitrogen functional groups attached to an aromatic ring is 1. The fourth-order valence-electron chi connectivity index (χ4n) is 3.69. The molecule has 0 aliphatic carbocycles. The molecule has 1 fully saturated rings. The van der Waals surface area contributed by atoms with Crippen LogP contribution < -0.4 is 15.4 Å². The van der Waals surface area contributed by atoms with Crippen molar-refractivity contribution < 1.29 is 4.74 Å². The molecule has 0 unspecified atom stereocenters. The largest absolute Gasteiger partial charge is 0.494 e. The Morgan fingerprint density at radius 1 is 1.07 bits per heavy atom. The van der Waals surface area contributed by atoms with Gasteiger partial charge < -0.3 is 20.8 Å². The van der Waals surface area contributed by atoms with Crippen molar-refractivity contribution in [2.75, 3.05) is 50.0 Å². The van der Waals surface area contributed by atoms with Gasteiger partial charge in [-0.25, -0.2) is 0 Å². The van der Waals surface area contributed by atoms with Gasteiger partial charge in [0, 0.05) is 55.4 Å². The standard InChI is InChI=1S/C23H32N4O/c1-18-6-5-7-23(19(18)2)27-13-11-26(12-14-27)10-3-4-15-28-21-9-8-20(17-24)22(25)16-21/h5-9,16-17,24H,3-4,10-15,25H2,1-2H3. The number of nitrogens with two attached hydrogens (primary N) is 1. The van der Waals surface area contributed by atoms with E-state index in [0.717, 1.165) is 56.9 Å². The molecular weight excluding hydrogens is 348 g/mol. The second kappa shape index (κ2) is 9.60. The monoisotopic (exact) mass is 380 g/mol. The van der Waals surface area contributed by atoms with Crippen molar-refractivity contribution in [3.8, 4) is 5.75 Å². The molecule has 0 saturated carbocycles. The van der Waals surface area contributed by atoms with Crippen molar-refractivity contribution >= 4 is 17.6 Å². The lowest BCUT2D eigenvalue weighted by atomic mass is 10.1. The molecule has 2 aromatic rings. The van der Waals surface area contributed by atoms with E-state index < -0.39 is 0 Å². The highest BCUT2D eigenvalue weighted by Crippen LogP contribution is 2.24. The normalized spacial score (nSPS) is 14.9. The molecule has 2 aromatic carbocycles. The van der Waals surface area contributed by atoms with Crippen molar-refractivity contribution in [3.63, 3.8) is 0 Å². The smallest absolute Gasteiger partial charge is 0.121 e. The third-order valence-corrected chi connectivity index (χ3v) is 5.64. The Hall–Kier alpha value is -2.53. The van der Waals surface area contributed by atoms with E-state index in [0.29, 0.717) is 12.3 Å². The first kappa shape index (κ1) is 20.2. The number of ether oxygens (including phenoxy) is 1. The van der Waals surface area contributed by atoms with E-state index in [1.165, 1.54) is 23.0 Å². The third kappa shape index (κ3) is 5.04. The van der Waals surface area contributed by atoms with Crippen molar-refractivity contribution in [1.29, 1.82) is 5.41 Å². The summed E-state index contributed by atoms with van der Waals surface area (Å²) in [6.07, 6.45) is 3.43. The zero-order chi connectivity index (χ0) is 19.9. The first-order valence-corrected chi connectivity index (χ1v) is 10.1. The average Bonchev–Trinajstić information content (AvgIpc) is 2.70. The maximum Gasteiger partial charge on any atom is 0.121 e. The maximum atomic E-state index is 7.27. The molecule has 5 nitrogen and oxygen atoms in total. The minimum Gasteiger partial charge on any atom is -0.494 e. The maximum absolute atomic E-state index is 7.27. The average molecular weight is 381 g/mol. The SMILES string of the molecule is Cc1cccc(N2CCN(CCCCOc3ccc(C=N)c(N)c3)CC2)c1C. The molecule has 3 N–H and O–H groups in total. The number of aryl methyl sites for hydroxylation is 1.